The summed E-state index contributed by atoms with van der Waals surface area (Å²) in [5, 5.41) is 8.84. The highest BCUT2D eigenvalue weighted by atomic mass is 16.5. The molecule has 0 aromatic carbocycles. The van der Waals surface area contributed by atoms with Crippen molar-refractivity contribution < 1.29 is 19.4 Å². The van der Waals surface area contributed by atoms with Crippen molar-refractivity contribution in [1.29, 1.82) is 0 Å². The first kappa shape index (κ1) is 12.2. The second-order valence-corrected chi connectivity index (χ2v) is 6.03. The zero-order valence-electron chi connectivity index (χ0n) is 10.8. The minimum atomic E-state index is -0.838. The molecular formula is C13H21NO4. The fourth-order valence-corrected chi connectivity index (χ4v) is 3.19. The van der Waals surface area contributed by atoms with Gasteiger partial charge in [0.15, 0.2) is 0 Å². The molecule has 1 N–H and O–H groups in total. The number of amides is 1. The van der Waals surface area contributed by atoms with Crippen LogP contribution in [0, 0.1) is 5.41 Å². The Bertz CT molecular complexity index is 324. The van der Waals surface area contributed by atoms with Crippen LogP contribution in [-0.4, -0.2) is 54.1 Å². The minimum Gasteiger partial charge on any atom is -0.465 e. The molecule has 0 aromatic rings. The number of hydrogen-bond acceptors (Lipinski definition) is 3. The van der Waals surface area contributed by atoms with E-state index in [-0.39, 0.29) is 17.6 Å². The van der Waals surface area contributed by atoms with Gasteiger partial charge in [0, 0.05) is 12.0 Å². The van der Waals surface area contributed by atoms with Gasteiger partial charge in [-0.3, -0.25) is 4.90 Å². The molecule has 5 nitrogen and oxygen atoms in total. The monoisotopic (exact) mass is 255 g/mol. The maximum absolute atomic E-state index is 10.8. The van der Waals surface area contributed by atoms with Crippen molar-refractivity contribution in [1.82, 2.24) is 4.90 Å². The van der Waals surface area contributed by atoms with Crippen molar-refractivity contribution in [3.05, 3.63) is 0 Å². The Morgan fingerprint density at radius 1 is 1.56 bits per heavy atom. The molecule has 1 amide bonds. The van der Waals surface area contributed by atoms with Gasteiger partial charge in [-0.25, -0.2) is 4.79 Å². The summed E-state index contributed by atoms with van der Waals surface area (Å²) in [7, 11) is 0. The lowest BCUT2D eigenvalue weighted by Gasteiger charge is -2.46. The second-order valence-electron chi connectivity index (χ2n) is 6.03. The Kier molecular flexibility index (Phi) is 2.98. The van der Waals surface area contributed by atoms with Crippen molar-refractivity contribution in [2.75, 3.05) is 19.8 Å². The van der Waals surface area contributed by atoms with Gasteiger partial charge in [-0.1, -0.05) is 0 Å². The van der Waals surface area contributed by atoms with E-state index in [1.54, 1.807) is 0 Å². The van der Waals surface area contributed by atoms with E-state index in [1.807, 2.05) is 6.92 Å². The number of rotatable bonds is 4. The molecule has 18 heavy (non-hydrogen) atoms. The Hall–Kier alpha value is -0.810. The third-order valence-corrected chi connectivity index (χ3v) is 4.71. The molecule has 2 bridgehead atoms. The number of hydrogen-bond donors (Lipinski definition) is 1. The number of fused-ring (bicyclic) bond motifs is 3. The Labute approximate surface area is 107 Å². The van der Waals surface area contributed by atoms with Gasteiger partial charge in [-0.15, -0.1) is 0 Å². The summed E-state index contributed by atoms with van der Waals surface area (Å²) in [6, 6.07) is 0.0553. The van der Waals surface area contributed by atoms with E-state index < -0.39 is 6.09 Å². The molecule has 102 valence electrons. The normalized spacial score (nSPS) is 39.7. The van der Waals surface area contributed by atoms with Crippen molar-refractivity contribution in [2.45, 2.75) is 50.9 Å². The number of carbonyl (C=O) groups is 1. The molecule has 1 aliphatic carbocycles. The van der Waals surface area contributed by atoms with Crippen LogP contribution in [-0.2, 0) is 9.47 Å². The largest absolute Gasteiger partial charge is 0.465 e. The summed E-state index contributed by atoms with van der Waals surface area (Å²) in [4.78, 5) is 12.2. The molecular weight excluding hydrogens is 234 g/mol. The van der Waals surface area contributed by atoms with Gasteiger partial charge >= 0.3 is 6.09 Å². The predicted molar refractivity (Wildman–Crippen MR) is 64.6 cm³/mol. The van der Waals surface area contributed by atoms with Gasteiger partial charge < -0.3 is 14.6 Å². The lowest BCUT2D eigenvalue weighted by molar-refractivity contribution is -0.149. The number of ether oxygens (including phenoxy) is 2. The molecule has 5 heteroatoms. The molecule has 4 rings (SSSR count). The van der Waals surface area contributed by atoms with Gasteiger partial charge in [-0.05, 0) is 32.6 Å². The van der Waals surface area contributed by atoms with E-state index in [0.717, 1.165) is 19.4 Å². The summed E-state index contributed by atoms with van der Waals surface area (Å²) in [5.41, 5.74) is 0.200. The summed E-state index contributed by atoms with van der Waals surface area (Å²) in [5.74, 6) is 0. The van der Waals surface area contributed by atoms with Crippen molar-refractivity contribution in [2.24, 2.45) is 5.41 Å². The third kappa shape index (κ3) is 2.21. The molecule has 3 heterocycles. The zero-order valence-corrected chi connectivity index (χ0v) is 10.8. The number of carboxylic acid groups (broad SMARTS) is 1. The van der Waals surface area contributed by atoms with Crippen molar-refractivity contribution in [3.8, 4) is 0 Å². The van der Waals surface area contributed by atoms with Gasteiger partial charge in [0.1, 0.15) is 0 Å². The predicted octanol–water partition coefficient (Wildman–Crippen LogP) is 1.71. The van der Waals surface area contributed by atoms with Crippen LogP contribution >= 0.6 is 0 Å². The van der Waals surface area contributed by atoms with Gasteiger partial charge in [0.25, 0.3) is 0 Å². The van der Waals surface area contributed by atoms with E-state index in [1.165, 1.54) is 17.7 Å². The Morgan fingerprint density at radius 3 is 2.78 bits per heavy atom. The lowest BCUT2D eigenvalue weighted by Crippen LogP contribution is -2.46. The van der Waals surface area contributed by atoms with Crippen LogP contribution in [0.2, 0.25) is 0 Å². The quantitative estimate of drug-likeness (QED) is 0.777. The van der Waals surface area contributed by atoms with Crippen LogP contribution < -0.4 is 0 Å². The molecule has 2 unspecified atom stereocenters. The average Bonchev–Trinajstić information content (AvgIpc) is 3.19. The summed E-state index contributed by atoms with van der Waals surface area (Å²) >= 11 is 0. The third-order valence-electron chi connectivity index (χ3n) is 4.71. The van der Waals surface area contributed by atoms with Gasteiger partial charge in [-0.2, -0.15) is 0 Å². The molecule has 4 fully saturated rings. The first-order valence-corrected chi connectivity index (χ1v) is 6.82. The molecule has 3 aliphatic heterocycles. The van der Waals surface area contributed by atoms with Gasteiger partial charge in [0.05, 0.1) is 31.5 Å². The second kappa shape index (κ2) is 4.38. The first-order chi connectivity index (χ1) is 8.60. The van der Waals surface area contributed by atoms with E-state index >= 15 is 0 Å². The van der Waals surface area contributed by atoms with E-state index in [0.29, 0.717) is 19.3 Å². The lowest BCUT2D eigenvalue weighted by atomic mass is 9.72. The molecule has 4 aliphatic rings. The summed E-state index contributed by atoms with van der Waals surface area (Å²) in [6.45, 7) is 4.12. The SMILES string of the molecule is CC(OCC12CCC(CC1)OC2)C1CN1C(=O)O. The molecule has 2 atom stereocenters. The van der Waals surface area contributed by atoms with E-state index in [2.05, 4.69) is 0 Å². The van der Waals surface area contributed by atoms with Crippen LogP contribution in [0.5, 0.6) is 0 Å². The maximum atomic E-state index is 10.8. The summed E-state index contributed by atoms with van der Waals surface area (Å²) in [6.07, 6.45) is 4.33. The Balaban J connectivity index is 1.48. The van der Waals surface area contributed by atoms with Gasteiger partial charge in [0.2, 0.25) is 0 Å². The standard InChI is InChI=1S/C13H21NO4/c1-9(11-6-14(11)12(15)16)17-7-13-4-2-10(3-5-13)18-8-13/h9-11H,2-8H2,1H3,(H,15,16). The fraction of sp³-hybridized carbons (Fsp3) is 0.923. The molecule has 0 radical (unpaired) electrons. The molecule has 0 spiro atoms. The van der Waals surface area contributed by atoms with Crippen LogP contribution in [0.4, 0.5) is 4.79 Å². The van der Waals surface area contributed by atoms with Crippen molar-refractivity contribution >= 4 is 6.09 Å². The molecule has 3 saturated heterocycles. The highest BCUT2D eigenvalue weighted by molar-refractivity contribution is 5.68. The summed E-state index contributed by atoms with van der Waals surface area (Å²) < 4.78 is 11.7. The fourth-order valence-electron chi connectivity index (χ4n) is 3.19. The van der Waals surface area contributed by atoms with Crippen LogP contribution in [0.1, 0.15) is 32.6 Å². The van der Waals surface area contributed by atoms with Crippen LogP contribution in [0.15, 0.2) is 0 Å². The smallest absolute Gasteiger partial charge is 0.407 e. The van der Waals surface area contributed by atoms with E-state index in [4.69, 9.17) is 14.6 Å². The van der Waals surface area contributed by atoms with Crippen LogP contribution in [0.25, 0.3) is 0 Å². The van der Waals surface area contributed by atoms with E-state index in [9.17, 15) is 4.79 Å². The Morgan fingerprint density at radius 2 is 2.28 bits per heavy atom. The highest BCUT2D eigenvalue weighted by Crippen LogP contribution is 2.43. The first-order valence-electron chi connectivity index (χ1n) is 6.82. The minimum absolute atomic E-state index is 0.00451. The molecule has 0 aromatic heterocycles. The average molecular weight is 255 g/mol. The molecule has 1 saturated carbocycles. The maximum Gasteiger partial charge on any atom is 0.407 e. The number of nitrogens with zero attached hydrogens (tertiary/aromatic N) is 1. The zero-order chi connectivity index (χ0) is 12.8. The highest BCUT2D eigenvalue weighted by Gasteiger charge is 2.45. The topological polar surface area (TPSA) is 58.8 Å². The van der Waals surface area contributed by atoms with Crippen molar-refractivity contribution in [3.63, 3.8) is 0 Å². The van der Waals surface area contributed by atoms with Crippen LogP contribution in [0.3, 0.4) is 0 Å².